The highest BCUT2D eigenvalue weighted by molar-refractivity contribution is 7.80. The summed E-state index contributed by atoms with van der Waals surface area (Å²) in [5.41, 5.74) is 1.36. The van der Waals surface area contributed by atoms with E-state index in [9.17, 15) is 0 Å². The fourth-order valence-corrected chi connectivity index (χ4v) is 2.95. The molecule has 0 heterocycles. The molecule has 2 rings (SSSR count). The van der Waals surface area contributed by atoms with Gasteiger partial charge in [-0.3, -0.25) is 0 Å². The van der Waals surface area contributed by atoms with Crippen molar-refractivity contribution in [3.05, 3.63) is 29.3 Å². The van der Waals surface area contributed by atoms with Gasteiger partial charge in [-0.2, -0.15) is 0 Å². The van der Waals surface area contributed by atoms with E-state index in [1.807, 2.05) is 24.3 Å². The minimum atomic E-state index is 0.434. The van der Waals surface area contributed by atoms with Crippen molar-refractivity contribution < 1.29 is 0 Å². The van der Waals surface area contributed by atoms with Crippen LogP contribution in [-0.4, -0.2) is 11.2 Å². The lowest BCUT2D eigenvalue weighted by Crippen LogP contribution is -2.36. The van der Waals surface area contributed by atoms with Crippen LogP contribution < -0.4 is 10.6 Å². The summed E-state index contributed by atoms with van der Waals surface area (Å²) in [4.78, 5) is 0. The fraction of sp³-hybridized carbons (Fsp3) is 0.500. The number of thiocarbonyl (C=S) groups is 1. The molecule has 0 amide bonds. The van der Waals surface area contributed by atoms with Gasteiger partial charge in [0, 0.05) is 16.8 Å². The molecule has 0 bridgehead atoms. The van der Waals surface area contributed by atoms with E-state index in [1.54, 1.807) is 0 Å². The molecule has 1 atom stereocenters. The normalized spacial score (nSPS) is 21.6. The lowest BCUT2D eigenvalue weighted by atomic mass is 9.92. The Balaban J connectivity index is 1.86. The van der Waals surface area contributed by atoms with Gasteiger partial charge < -0.3 is 10.6 Å². The lowest BCUT2D eigenvalue weighted by Gasteiger charge is -2.19. The van der Waals surface area contributed by atoms with Crippen LogP contribution in [0.3, 0.4) is 0 Å². The predicted octanol–water partition coefficient (Wildman–Crippen LogP) is 4.21. The quantitative estimate of drug-likeness (QED) is 0.795. The van der Waals surface area contributed by atoms with Crippen molar-refractivity contribution in [2.75, 3.05) is 5.32 Å². The molecular formula is C14H19ClN2S. The zero-order chi connectivity index (χ0) is 13.2. The third-order valence-corrected chi connectivity index (χ3v) is 3.84. The first-order chi connectivity index (χ1) is 8.44. The second kappa shape index (κ2) is 5.45. The van der Waals surface area contributed by atoms with E-state index >= 15 is 0 Å². The molecule has 1 aromatic carbocycles. The Morgan fingerprint density at radius 3 is 2.83 bits per heavy atom. The number of hydrogen-bond acceptors (Lipinski definition) is 1. The smallest absolute Gasteiger partial charge is 0.170 e. The monoisotopic (exact) mass is 282 g/mol. The largest absolute Gasteiger partial charge is 0.360 e. The first-order valence-corrected chi connectivity index (χ1v) is 7.06. The van der Waals surface area contributed by atoms with E-state index in [1.165, 1.54) is 19.3 Å². The van der Waals surface area contributed by atoms with E-state index in [-0.39, 0.29) is 0 Å². The summed E-state index contributed by atoms with van der Waals surface area (Å²) in [5, 5.41) is 7.95. The Morgan fingerprint density at radius 1 is 1.44 bits per heavy atom. The molecule has 4 heteroatoms. The number of anilines is 1. The summed E-state index contributed by atoms with van der Waals surface area (Å²) in [6.07, 6.45) is 3.61. The van der Waals surface area contributed by atoms with Crippen molar-refractivity contribution in [2.24, 2.45) is 5.41 Å². The molecule has 2 nitrogen and oxygen atoms in total. The molecule has 0 saturated heterocycles. The molecule has 0 radical (unpaired) electrons. The molecule has 0 aliphatic heterocycles. The van der Waals surface area contributed by atoms with Gasteiger partial charge in [0.25, 0.3) is 0 Å². The maximum Gasteiger partial charge on any atom is 0.170 e. The maximum atomic E-state index is 5.93. The molecule has 18 heavy (non-hydrogen) atoms. The van der Waals surface area contributed by atoms with E-state index < -0.39 is 0 Å². The number of nitrogens with one attached hydrogen (secondary N) is 2. The SMILES string of the molecule is CC1(C)CCC(NC(=S)Nc2cccc(Cl)c2)C1. The Bertz CT molecular complexity index is 445. The maximum absolute atomic E-state index is 5.93. The molecule has 0 aromatic heterocycles. The molecule has 0 spiro atoms. The van der Waals surface area contributed by atoms with Gasteiger partial charge in [0.15, 0.2) is 5.11 Å². The van der Waals surface area contributed by atoms with Crippen LogP contribution in [0.15, 0.2) is 24.3 Å². The number of halogens is 1. The third kappa shape index (κ3) is 3.85. The Morgan fingerprint density at radius 2 is 2.22 bits per heavy atom. The van der Waals surface area contributed by atoms with Crippen molar-refractivity contribution in [1.82, 2.24) is 5.32 Å². The highest BCUT2D eigenvalue weighted by Gasteiger charge is 2.31. The zero-order valence-corrected chi connectivity index (χ0v) is 12.4. The average molecular weight is 283 g/mol. The molecular weight excluding hydrogens is 264 g/mol. The van der Waals surface area contributed by atoms with Crippen LogP contribution >= 0.6 is 23.8 Å². The lowest BCUT2D eigenvalue weighted by molar-refractivity contribution is 0.372. The predicted molar refractivity (Wildman–Crippen MR) is 82.2 cm³/mol. The van der Waals surface area contributed by atoms with Crippen LogP contribution in [0.5, 0.6) is 0 Å². The molecule has 1 unspecified atom stereocenters. The Hall–Kier alpha value is -0.800. The summed E-state index contributed by atoms with van der Waals surface area (Å²) >= 11 is 11.3. The third-order valence-electron chi connectivity index (χ3n) is 3.39. The summed E-state index contributed by atoms with van der Waals surface area (Å²) < 4.78 is 0. The van der Waals surface area contributed by atoms with E-state index in [4.69, 9.17) is 23.8 Å². The molecule has 1 aliphatic carbocycles. The van der Waals surface area contributed by atoms with Gasteiger partial charge >= 0.3 is 0 Å². The number of rotatable bonds is 2. The minimum Gasteiger partial charge on any atom is -0.360 e. The van der Waals surface area contributed by atoms with E-state index in [0.717, 1.165) is 5.69 Å². The van der Waals surface area contributed by atoms with Gasteiger partial charge in [-0.15, -0.1) is 0 Å². The summed E-state index contributed by atoms with van der Waals surface area (Å²) in [6.45, 7) is 4.62. The molecule has 1 aliphatic rings. The van der Waals surface area contributed by atoms with Gasteiger partial charge in [-0.05, 0) is 55.1 Å². The first kappa shape index (κ1) is 13.6. The molecule has 1 aromatic rings. The minimum absolute atomic E-state index is 0.434. The average Bonchev–Trinajstić information content (AvgIpc) is 2.57. The summed E-state index contributed by atoms with van der Waals surface area (Å²) in [7, 11) is 0. The summed E-state index contributed by atoms with van der Waals surface area (Å²) in [6, 6.07) is 8.07. The Kier molecular flexibility index (Phi) is 4.13. The fourth-order valence-electron chi connectivity index (χ4n) is 2.48. The van der Waals surface area contributed by atoms with E-state index in [2.05, 4.69) is 24.5 Å². The van der Waals surface area contributed by atoms with Crippen LogP contribution in [0, 0.1) is 5.41 Å². The number of hydrogen-bond donors (Lipinski definition) is 2. The van der Waals surface area contributed by atoms with Gasteiger partial charge in [-0.25, -0.2) is 0 Å². The molecule has 98 valence electrons. The highest BCUT2D eigenvalue weighted by atomic mass is 35.5. The van der Waals surface area contributed by atoms with Gasteiger partial charge in [0.2, 0.25) is 0 Å². The van der Waals surface area contributed by atoms with Crippen LogP contribution in [-0.2, 0) is 0 Å². The van der Waals surface area contributed by atoms with Crippen molar-refractivity contribution >= 4 is 34.6 Å². The molecule has 1 fully saturated rings. The van der Waals surface area contributed by atoms with Gasteiger partial charge in [-0.1, -0.05) is 31.5 Å². The summed E-state index contributed by atoms with van der Waals surface area (Å²) in [5.74, 6) is 0. The van der Waals surface area contributed by atoms with Gasteiger partial charge in [0.05, 0.1) is 0 Å². The standard InChI is InChI=1S/C14H19ClN2S/c1-14(2)7-6-12(9-14)17-13(18)16-11-5-3-4-10(15)8-11/h3-5,8,12H,6-7,9H2,1-2H3,(H2,16,17,18). The van der Waals surface area contributed by atoms with E-state index in [0.29, 0.717) is 21.6 Å². The highest BCUT2D eigenvalue weighted by Crippen LogP contribution is 2.36. The first-order valence-electron chi connectivity index (χ1n) is 6.28. The van der Waals surface area contributed by atoms with Crippen LogP contribution in [0.2, 0.25) is 5.02 Å². The van der Waals surface area contributed by atoms with Gasteiger partial charge in [0.1, 0.15) is 0 Å². The second-order valence-electron chi connectivity index (χ2n) is 5.71. The van der Waals surface area contributed by atoms with Crippen molar-refractivity contribution in [3.63, 3.8) is 0 Å². The van der Waals surface area contributed by atoms with Crippen LogP contribution in [0.25, 0.3) is 0 Å². The molecule has 1 saturated carbocycles. The van der Waals surface area contributed by atoms with Crippen molar-refractivity contribution in [2.45, 2.75) is 39.2 Å². The zero-order valence-electron chi connectivity index (χ0n) is 10.8. The topological polar surface area (TPSA) is 24.1 Å². The van der Waals surface area contributed by atoms with Crippen molar-refractivity contribution in [1.29, 1.82) is 0 Å². The van der Waals surface area contributed by atoms with Crippen molar-refractivity contribution in [3.8, 4) is 0 Å². The van der Waals surface area contributed by atoms with Crippen LogP contribution in [0.4, 0.5) is 5.69 Å². The Labute approximate surface area is 119 Å². The number of benzene rings is 1. The molecule has 2 N–H and O–H groups in total. The second-order valence-corrected chi connectivity index (χ2v) is 6.56. The van der Waals surface area contributed by atoms with Crippen LogP contribution in [0.1, 0.15) is 33.1 Å².